The molecule has 0 aliphatic carbocycles. The summed E-state index contributed by atoms with van der Waals surface area (Å²) in [5, 5.41) is 4.04. The standard InChI is InChI=1S/C2H3N3O2.H4N2/c6-1-3-2(7)5-4-1;1-2/h(H3,3,4,5,6,7);1-2H2. The minimum atomic E-state index is -0.509. The van der Waals surface area contributed by atoms with E-state index in [1.165, 1.54) is 0 Å². The molecule has 1 rings (SSSR count). The van der Waals surface area contributed by atoms with Crippen LogP contribution in [0.15, 0.2) is 9.59 Å². The maximum atomic E-state index is 9.95. The quantitative estimate of drug-likeness (QED) is 0.193. The molecule has 1 heterocycles. The molecule has 0 spiro atoms. The molecule has 0 radical (unpaired) electrons. The summed E-state index contributed by atoms with van der Waals surface area (Å²) in [4.78, 5) is 21.8. The Bertz CT molecular complexity index is 217. The fraction of sp³-hybridized carbons (Fsp3) is 0. The summed E-state index contributed by atoms with van der Waals surface area (Å²) in [6, 6.07) is 0. The number of hydrogen-bond acceptors (Lipinski definition) is 4. The first kappa shape index (κ1) is 7.66. The van der Waals surface area contributed by atoms with Gasteiger partial charge in [-0.1, -0.05) is 0 Å². The van der Waals surface area contributed by atoms with E-state index in [1.807, 2.05) is 15.2 Å². The molecule has 0 unspecified atom stereocenters. The lowest BCUT2D eigenvalue weighted by molar-refractivity contribution is 1.03. The van der Waals surface area contributed by atoms with Crippen LogP contribution >= 0.6 is 0 Å². The minimum Gasteiger partial charge on any atom is -0.274 e. The zero-order valence-corrected chi connectivity index (χ0v) is 4.47. The van der Waals surface area contributed by atoms with Crippen molar-refractivity contribution in [2.45, 2.75) is 0 Å². The van der Waals surface area contributed by atoms with E-state index in [1.54, 1.807) is 0 Å². The lowest BCUT2D eigenvalue weighted by Crippen LogP contribution is -2.07. The first-order valence-corrected chi connectivity index (χ1v) is 1.99. The lowest BCUT2D eigenvalue weighted by Gasteiger charge is -1.52. The van der Waals surface area contributed by atoms with Crippen LogP contribution in [-0.4, -0.2) is 15.2 Å². The average molecular weight is 133 g/mol. The maximum Gasteiger partial charge on any atom is 0.341 e. The molecule has 9 heavy (non-hydrogen) atoms. The second kappa shape index (κ2) is 3.64. The monoisotopic (exact) mass is 133 g/mol. The van der Waals surface area contributed by atoms with Crippen LogP contribution in [-0.2, 0) is 0 Å². The molecule has 0 bridgehead atoms. The SMILES string of the molecule is NN.O=c1[nH][nH]c(=O)[nH]1. The van der Waals surface area contributed by atoms with Gasteiger partial charge in [-0.15, -0.1) is 0 Å². The van der Waals surface area contributed by atoms with Gasteiger partial charge < -0.3 is 0 Å². The normalized spacial score (nSPS) is 7.78. The third-order valence-corrected chi connectivity index (χ3v) is 0.517. The van der Waals surface area contributed by atoms with E-state index in [0.29, 0.717) is 0 Å². The van der Waals surface area contributed by atoms with Gasteiger partial charge in [-0.25, -0.2) is 19.8 Å². The number of aromatic nitrogens is 3. The molecule has 0 atom stereocenters. The zero-order chi connectivity index (χ0) is 7.28. The van der Waals surface area contributed by atoms with Gasteiger partial charge in [-0.2, -0.15) is 0 Å². The largest absolute Gasteiger partial charge is 0.341 e. The third kappa shape index (κ3) is 2.46. The topological polar surface area (TPSA) is 134 Å². The van der Waals surface area contributed by atoms with Crippen LogP contribution in [0.4, 0.5) is 0 Å². The van der Waals surface area contributed by atoms with Gasteiger partial charge in [0.1, 0.15) is 0 Å². The van der Waals surface area contributed by atoms with Gasteiger partial charge in [0.05, 0.1) is 0 Å². The maximum absolute atomic E-state index is 9.95. The van der Waals surface area contributed by atoms with Crippen molar-refractivity contribution in [3.05, 3.63) is 21.0 Å². The molecule has 0 aromatic carbocycles. The summed E-state index contributed by atoms with van der Waals surface area (Å²) in [6.45, 7) is 0. The summed E-state index contributed by atoms with van der Waals surface area (Å²) < 4.78 is 0. The lowest BCUT2D eigenvalue weighted by atomic mass is 11.2. The van der Waals surface area contributed by atoms with E-state index < -0.39 is 11.4 Å². The van der Waals surface area contributed by atoms with E-state index in [-0.39, 0.29) is 0 Å². The molecule has 7 nitrogen and oxygen atoms in total. The summed E-state index contributed by atoms with van der Waals surface area (Å²) in [5.41, 5.74) is -1.02. The van der Waals surface area contributed by atoms with E-state index in [2.05, 4.69) is 11.7 Å². The Kier molecular flexibility index (Phi) is 3.09. The van der Waals surface area contributed by atoms with Crippen LogP contribution in [0.1, 0.15) is 0 Å². The van der Waals surface area contributed by atoms with Gasteiger partial charge in [0.15, 0.2) is 0 Å². The number of aromatic amines is 3. The molecule has 52 valence electrons. The Morgan fingerprint density at radius 1 is 1.00 bits per heavy atom. The molecule has 7 heteroatoms. The summed E-state index contributed by atoms with van der Waals surface area (Å²) in [6.07, 6.45) is 0. The van der Waals surface area contributed by atoms with Gasteiger partial charge in [0, 0.05) is 0 Å². The molecular formula is C2H7N5O2. The Morgan fingerprint density at radius 3 is 1.44 bits per heavy atom. The number of rotatable bonds is 0. The molecule has 0 aliphatic rings. The van der Waals surface area contributed by atoms with E-state index >= 15 is 0 Å². The Hall–Kier alpha value is -1.34. The first-order valence-electron chi connectivity index (χ1n) is 1.99. The highest BCUT2D eigenvalue weighted by Crippen LogP contribution is 1.29. The van der Waals surface area contributed by atoms with Crippen molar-refractivity contribution in [3.63, 3.8) is 0 Å². The van der Waals surface area contributed by atoms with Crippen LogP contribution in [0.3, 0.4) is 0 Å². The smallest absolute Gasteiger partial charge is 0.274 e. The molecule has 0 saturated heterocycles. The number of hydrogen-bond donors (Lipinski definition) is 5. The molecule has 0 amide bonds. The van der Waals surface area contributed by atoms with Crippen molar-refractivity contribution in [2.24, 2.45) is 11.7 Å². The van der Waals surface area contributed by atoms with Gasteiger partial charge in [-0.05, 0) is 0 Å². The molecule has 0 aliphatic heterocycles. The fourth-order valence-electron chi connectivity index (χ4n) is 0.279. The van der Waals surface area contributed by atoms with Crippen LogP contribution in [0, 0.1) is 0 Å². The number of H-pyrrole nitrogens is 3. The second-order valence-corrected chi connectivity index (χ2v) is 1.03. The highest BCUT2D eigenvalue weighted by Gasteiger charge is 1.79. The number of hydrazine groups is 1. The van der Waals surface area contributed by atoms with Crippen molar-refractivity contribution < 1.29 is 0 Å². The van der Waals surface area contributed by atoms with Crippen molar-refractivity contribution in [3.8, 4) is 0 Å². The summed E-state index contributed by atoms with van der Waals surface area (Å²) >= 11 is 0. The predicted molar refractivity (Wildman–Crippen MR) is 30.4 cm³/mol. The van der Waals surface area contributed by atoms with Crippen LogP contribution < -0.4 is 23.1 Å². The highest BCUT2D eigenvalue weighted by atomic mass is 16.2. The zero-order valence-electron chi connectivity index (χ0n) is 4.47. The number of nitrogens with one attached hydrogen (secondary N) is 3. The minimum absolute atomic E-state index is 0.509. The average Bonchev–Trinajstić information content (AvgIpc) is 2.20. The molecule has 7 N–H and O–H groups in total. The fourth-order valence-corrected chi connectivity index (χ4v) is 0.279. The molecule has 1 aromatic heterocycles. The van der Waals surface area contributed by atoms with Crippen molar-refractivity contribution in [2.75, 3.05) is 0 Å². The number of nitrogens with two attached hydrogens (primary N) is 2. The third-order valence-electron chi connectivity index (χ3n) is 0.517. The Labute approximate surface area is 49.0 Å². The molecule has 1 aromatic rings. The molecule has 0 saturated carbocycles. The summed E-state index contributed by atoms with van der Waals surface area (Å²) in [5.74, 6) is 8.00. The van der Waals surface area contributed by atoms with E-state index in [0.717, 1.165) is 0 Å². The van der Waals surface area contributed by atoms with E-state index in [4.69, 9.17) is 0 Å². The Balaban J connectivity index is 0.000000291. The Morgan fingerprint density at radius 2 is 1.33 bits per heavy atom. The van der Waals surface area contributed by atoms with Crippen LogP contribution in [0.5, 0.6) is 0 Å². The van der Waals surface area contributed by atoms with Gasteiger partial charge in [-0.3, -0.25) is 16.7 Å². The molecular weight excluding hydrogens is 126 g/mol. The predicted octanol–water partition coefficient (Wildman–Crippen LogP) is -2.79. The van der Waals surface area contributed by atoms with Crippen molar-refractivity contribution >= 4 is 0 Å². The van der Waals surface area contributed by atoms with Gasteiger partial charge in [0.2, 0.25) is 0 Å². The highest BCUT2D eigenvalue weighted by molar-refractivity contribution is 4.52. The second-order valence-electron chi connectivity index (χ2n) is 1.03. The van der Waals surface area contributed by atoms with Gasteiger partial charge in [0.25, 0.3) is 0 Å². The first-order chi connectivity index (χ1) is 4.29. The van der Waals surface area contributed by atoms with Crippen molar-refractivity contribution in [1.29, 1.82) is 0 Å². The van der Waals surface area contributed by atoms with E-state index in [9.17, 15) is 9.59 Å². The summed E-state index contributed by atoms with van der Waals surface area (Å²) in [7, 11) is 0. The van der Waals surface area contributed by atoms with Gasteiger partial charge >= 0.3 is 11.4 Å². The van der Waals surface area contributed by atoms with Crippen LogP contribution in [0.25, 0.3) is 0 Å². The van der Waals surface area contributed by atoms with Crippen molar-refractivity contribution in [1.82, 2.24) is 15.2 Å². The van der Waals surface area contributed by atoms with Crippen LogP contribution in [0.2, 0.25) is 0 Å². The molecule has 0 fully saturated rings.